The van der Waals surface area contributed by atoms with E-state index >= 15 is 0 Å². The van der Waals surface area contributed by atoms with Crippen LogP contribution in [-0.4, -0.2) is 50.7 Å². The van der Waals surface area contributed by atoms with Crippen molar-refractivity contribution in [3.63, 3.8) is 0 Å². The van der Waals surface area contributed by atoms with E-state index in [0.717, 1.165) is 16.8 Å². The van der Waals surface area contributed by atoms with Gasteiger partial charge >= 0.3 is 0 Å². The predicted molar refractivity (Wildman–Crippen MR) is 81.9 cm³/mol. The summed E-state index contributed by atoms with van der Waals surface area (Å²) in [7, 11) is 6.36. The number of guanidine groups is 2. The van der Waals surface area contributed by atoms with Gasteiger partial charge in [-0.15, -0.1) is 0 Å². The van der Waals surface area contributed by atoms with Gasteiger partial charge in [0.05, 0.1) is 26.8 Å². The number of hydrogen-bond donors (Lipinski definition) is 3. The average molecular weight is 279 g/mol. The molecule has 0 fully saturated rings. The zero-order valence-corrected chi connectivity index (χ0v) is 12.2. The van der Waals surface area contributed by atoms with Crippen LogP contribution in [0, 0.1) is 0 Å². The molecule has 0 saturated carbocycles. The third kappa shape index (κ3) is 6.60. The van der Waals surface area contributed by atoms with Crippen molar-refractivity contribution < 1.29 is 9.22 Å². The first-order valence-corrected chi connectivity index (χ1v) is 6.23. The summed E-state index contributed by atoms with van der Waals surface area (Å²) >= 11 is 0. The summed E-state index contributed by atoms with van der Waals surface area (Å²) in [6, 6.07) is 7.24. The van der Waals surface area contributed by atoms with Crippen molar-refractivity contribution in [2.24, 2.45) is 27.2 Å². The summed E-state index contributed by atoms with van der Waals surface area (Å²) in [5.74, 6) is 0.688. The first kappa shape index (κ1) is 15.8. The molecule has 0 aliphatic rings. The van der Waals surface area contributed by atoms with E-state index in [-0.39, 0.29) is 11.9 Å². The van der Waals surface area contributed by atoms with Gasteiger partial charge in [0, 0.05) is 0 Å². The molecule has 0 heterocycles. The molecule has 0 bridgehead atoms. The van der Waals surface area contributed by atoms with Gasteiger partial charge in [-0.2, -0.15) is 4.99 Å². The lowest BCUT2D eigenvalue weighted by atomic mass is 10.3. The molecular weight excluding hydrogens is 256 g/mol. The Labute approximate surface area is 119 Å². The van der Waals surface area contributed by atoms with Gasteiger partial charge in [0.25, 0.3) is 0 Å². The lowest BCUT2D eigenvalue weighted by Gasteiger charge is -2.23. The monoisotopic (exact) mass is 279 g/mol. The van der Waals surface area contributed by atoms with Gasteiger partial charge in [0.1, 0.15) is 18.9 Å². The minimum Gasteiger partial charge on any atom is -0.488 e. The molecule has 6 N–H and O–H groups in total. The molecule has 0 aliphatic carbocycles. The summed E-state index contributed by atoms with van der Waals surface area (Å²) in [4.78, 5) is 7.69. The fourth-order valence-corrected chi connectivity index (χ4v) is 1.34. The Hall–Kier alpha value is -2.28. The number of aliphatic imine (C=N–C) groups is 2. The zero-order valence-electron chi connectivity index (χ0n) is 12.2. The SMILES string of the molecule is C[N+](C)(C)CCOc1ccc(N=C(N)N=C(N)N)cc1. The van der Waals surface area contributed by atoms with Crippen LogP contribution < -0.4 is 21.9 Å². The van der Waals surface area contributed by atoms with Crippen LogP contribution in [0.4, 0.5) is 5.69 Å². The number of rotatable bonds is 5. The van der Waals surface area contributed by atoms with Crippen molar-refractivity contribution in [2.75, 3.05) is 34.3 Å². The number of ether oxygens (including phenoxy) is 1. The number of quaternary nitrogens is 1. The molecule has 20 heavy (non-hydrogen) atoms. The lowest BCUT2D eigenvalue weighted by Crippen LogP contribution is -2.38. The maximum Gasteiger partial charge on any atom is 0.223 e. The quantitative estimate of drug-likeness (QED) is 0.400. The van der Waals surface area contributed by atoms with E-state index in [0.29, 0.717) is 12.3 Å². The van der Waals surface area contributed by atoms with Crippen LogP contribution in [0.1, 0.15) is 0 Å². The highest BCUT2D eigenvalue weighted by atomic mass is 16.5. The first-order chi connectivity index (χ1) is 9.26. The molecule has 0 saturated heterocycles. The Morgan fingerprint density at radius 3 is 2.20 bits per heavy atom. The number of likely N-dealkylation sites (N-methyl/N-ethyl adjacent to an activating group) is 1. The number of nitrogens with two attached hydrogens (primary N) is 3. The van der Waals surface area contributed by atoms with Crippen molar-refractivity contribution in [3.8, 4) is 5.75 Å². The van der Waals surface area contributed by atoms with Crippen LogP contribution in [0.25, 0.3) is 0 Å². The number of nitrogens with zero attached hydrogens (tertiary/aromatic N) is 3. The van der Waals surface area contributed by atoms with E-state index < -0.39 is 0 Å². The average Bonchev–Trinajstić information content (AvgIpc) is 2.28. The maximum absolute atomic E-state index is 5.64. The molecule has 0 aliphatic heterocycles. The van der Waals surface area contributed by atoms with E-state index in [9.17, 15) is 0 Å². The normalized spacial score (nSPS) is 12.1. The first-order valence-electron chi connectivity index (χ1n) is 6.23. The van der Waals surface area contributed by atoms with E-state index in [4.69, 9.17) is 21.9 Å². The smallest absolute Gasteiger partial charge is 0.223 e. The summed E-state index contributed by atoms with van der Waals surface area (Å²) in [5, 5.41) is 0. The van der Waals surface area contributed by atoms with Crippen molar-refractivity contribution >= 4 is 17.6 Å². The zero-order chi connectivity index (χ0) is 15.2. The Bertz CT molecular complexity index is 483. The lowest BCUT2D eigenvalue weighted by molar-refractivity contribution is -0.870. The minimum absolute atomic E-state index is 0.0173. The number of hydrogen-bond acceptors (Lipinski definition) is 2. The summed E-state index contributed by atoms with van der Waals surface area (Å²) in [6.07, 6.45) is 0. The standard InChI is InChI=1S/C13H23N6O/c1-19(2,3)8-9-20-11-6-4-10(5-7-11)17-13(16)18-12(14)15/h4-7H,8-9H2,1-3H3,(H6,14,15,16,17,18)/q+1. The van der Waals surface area contributed by atoms with Gasteiger partial charge in [-0.3, -0.25) is 0 Å². The van der Waals surface area contributed by atoms with Crippen LogP contribution in [0.3, 0.4) is 0 Å². The molecule has 1 aromatic rings. The molecule has 0 amide bonds. The van der Waals surface area contributed by atoms with E-state index in [1.165, 1.54) is 0 Å². The summed E-state index contributed by atoms with van der Waals surface area (Å²) in [6.45, 7) is 1.58. The van der Waals surface area contributed by atoms with Crippen LogP contribution in [0.2, 0.25) is 0 Å². The fraction of sp³-hybridized carbons (Fsp3) is 0.385. The second kappa shape index (κ2) is 6.76. The third-order valence-electron chi connectivity index (χ3n) is 2.35. The fourth-order valence-electron chi connectivity index (χ4n) is 1.34. The van der Waals surface area contributed by atoms with E-state index in [2.05, 4.69) is 31.1 Å². The van der Waals surface area contributed by atoms with Crippen LogP contribution in [0.5, 0.6) is 5.75 Å². The van der Waals surface area contributed by atoms with E-state index in [1.54, 1.807) is 12.1 Å². The van der Waals surface area contributed by atoms with Gasteiger partial charge in [0.15, 0.2) is 5.96 Å². The van der Waals surface area contributed by atoms with Crippen molar-refractivity contribution in [1.29, 1.82) is 0 Å². The molecule has 0 radical (unpaired) electrons. The van der Waals surface area contributed by atoms with E-state index in [1.807, 2.05) is 12.1 Å². The van der Waals surface area contributed by atoms with Crippen LogP contribution in [0.15, 0.2) is 34.3 Å². The maximum atomic E-state index is 5.64. The Balaban J connectivity index is 2.59. The minimum atomic E-state index is -0.119. The molecule has 1 aromatic carbocycles. The molecule has 7 nitrogen and oxygen atoms in total. The van der Waals surface area contributed by atoms with Crippen LogP contribution in [-0.2, 0) is 0 Å². The summed E-state index contributed by atoms with van der Waals surface area (Å²) in [5.41, 5.74) is 16.6. The van der Waals surface area contributed by atoms with Gasteiger partial charge in [-0.1, -0.05) is 0 Å². The second-order valence-electron chi connectivity index (χ2n) is 5.36. The molecular formula is C13H23N6O+. The molecule has 0 atom stereocenters. The van der Waals surface area contributed by atoms with Gasteiger partial charge in [-0.25, -0.2) is 4.99 Å². The van der Waals surface area contributed by atoms with Gasteiger partial charge in [-0.05, 0) is 24.3 Å². The molecule has 110 valence electrons. The van der Waals surface area contributed by atoms with Gasteiger partial charge < -0.3 is 26.4 Å². The Morgan fingerprint density at radius 2 is 1.70 bits per heavy atom. The van der Waals surface area contributed by atoms with Gasteiger partial charge in [0.2, 0.25) is 5.96 Å². The highest BCUT2D eigenvalue weighted by molar-refractivity contribution is 5.93. The van der Waals surface area contributed by atoms with Crippen molar-refractivity contribution in [1.82, 2.24) is 0 Å². The van der Waals surface area contributed by atoms with Crippen molar-refractivity contribution in [2.45, 2.75) is 0 Å². The molecule has 0 unspecified atom stereocenters. The highest BCUT2D eigenvalue weighted by Gasteiger charge is 2.06. The summed E-state index contributed by atoms with van der Waals surface area (Å²) < 4.78 is 6.50. The van der Waals surface area contributed by atoms with Crippen molar-refractivity contribution in [3.05, 3.63) is 24.3 Å². The Morgan fingerprint density at radius 1 is 1.10 bits per heavy atom. The largest absolute Gasteiger partial charge is 0.488 e. The topological polar surface area (TPSA) is 112 Å². The molecule has 0 spiro atoms. The van der Waals surface area contributed by atoms with Crippen LogP contribution >= 0.6 is 0 Å². The second-order valence-corrected chi connectivity index (χ2v) is 5.36. The molecule has 0 aromatic heterocycles. The highest BCUT2D eigenvalue weighted by Crippen LogP contribution is 2.18. The number of benzene rings is 1. The molecule has 1 rings (SSSR count). The Kier molecular flexibility index (Phi) is 5.33. The third-order valence-corrected chi connectivity index (χ3v) is 2.35. The predicted octanol–water partition coefficient (Wildman–Crippen LogP) is -0.00880. The molecule has 7 heteroatoms.